The SMILES string of the molecule is CC(C)OC(=O)C=C1SC(=O)NC1=O. The second-order valence-corrected chi connectivity index (χ2v) is 3.85. The van der Waals surface area contributed by atoms with Gasteiger partial charge in [0, 0.05) is 6.08 Å². The normalized spacial score (nSPS) is 18.9. The maximum Gasteiger partial charge on any atom is 0.332 e. The Morgan fingerprint density at radius 1 is 1.50 bits per heavy atom. The molecule has 0 radical (unpaired) electrons. The van der Waals surface area contributed by atoms with Crippen LogP contribution in [0.1, 0.15) is 13.8 Å². The Hall–Kier alpha value is -1.30. The Kier molecular flexibility index (Phi) is 3.29. The molecule has 76 valence electrons. The highest BCUT2D eigenvalue weighted by atomic mass is 32.2. The standard InChI is InChI=1S/C8H9NO4S/c1-4(2)13-6(10)3-5-7(11)9-8(12)14-5/h3-4H,1-2H3,(H,9,11,12). The number of thioether (sulfide) groups is 1. The van der Waals surface area contributed by atoms with Gasteiger partial charge in [0.25, 0.3) is 11.1 Å². The van der Waals surface area contributed by atoms with Crippen molar-refractivity contribution >= 4 is 28.9 Å². The number of carbonyl (C=O) groups excluding carboxylic acids is 3. The summed E-state index contributed by atoms with van der Waals surface area (Å²) in [6.07, 6.45) is 0.773. The molecule has 1 heterocycles. The van der Waals surface area contributed by atoms with Gasteiger partial charge in [-0.05, 0) is 25.6 Å². The minimum atomic E-state index is -0.618. The van der Waals surface area contributed by atoms with Crippen LogP contribution in [0.3, 0.4) is 0 Å². The van der Waals surface area contributed by atoms with Crippen LogP contribution >= 0.6 is 11.8 Å². The molecule has 0 aromatic heterocycles. The van der Waals surface area contributed by atoms with Gasteiger partial charge in [0.15, 0.2) is 0 Å². The Morgan fingerprint density at radius 2 is 2.14 bits per heavy atom. The Balaban J connectivity index is 2.64. The van der Waals surface area contributed by atoms with E-state index in [1.807, 2.05) is 5.32 Å². The zero-order chi connectivity index (χ0) is 10.7. The molecule has 1 fully saturated rings. The lowest BCUT2D eigenvalue weighted by Crippen LogP contribution is -2.18. The van der Waals surface area contributed by atoms with E-state index in [-0.39, 0.29) is 11.0 Å². The maximum atomic E-state index is 11.1. The number of hydrogen-bond acceptors (Lipinski definition) is 5. The molecule has 0 aromatic carbocycles. The van der Waals surface area contributed by atoms with Gasteiger partial charge >= 0.3 is 5.97 Å². The monoisotopic (exact) mass is 215 g/mol. The third kappa shape index (κ3) is 2.88. The summed E-state index contributed by atoms with van der Waals surface area (Å²) in [5, 5.41) is 1.56. The molecule has 5 nitrogen and oxygen atoms in total. The number of amides is 2. The highest BCUT2D eigenvalue weighted by molar-refractivity contribution is 8.18. The van der Waals surface area contributed by atoms with Gasteiger partial charge in [-0.25, -0.2) is 4.79 Å². The van der Waals surface area contributed by atoms with Crippen molar-refractivity contribution in [3.63, 3.8) is 0 Å². The highest BCUT2D eigenvalue weighted by Gasteiger charge is 2.26. The van der Waals surface area contributed by atoms with Crippen molar-refractivity contribution < 1.29 is 19.1 Å². The van der Waals surface area contributed by atoms with Crippen molar-refractivity contribution in [2.75, 3.05) is 0 Å². The van der Waals surface area contributed by atoms with Crippen LogP contribution in [0.15, 0.2) is 11.0 Å². The molecular weight excluding hydrogens is 206 g/mol. The molecule has 14 heavy (non-hydrogen) atoms. The number of ether oxygens (including phenoxy) is 1. The summed E-state index contributed by atoms with van der Waals surface area (Å²) >= 11 is 0.690. The van der Waals surface area contributed by atoms with E-state index < -0.39 is 17.1 Å². The van der Waals surface area contributed by atoms with Crippen molar-refractivity contribution in [3.8, 4) is 0 Å². The highest BCUT2D eigenvalue weighted by Crippen LogP contribution is 2.22. The van der Waals surface area contributed by atoms with Crippen molar-refractivity contribution in [2.45, 2.75) is 20.0 Å². The molecule has 0 spiro atoms. The van der Waals surface area contributed by atoms with Gasteiger partial charge < -0.3 is 4.74 Å². The van der Waals surface area contributed by atoms with Crippen LogP contribution in [-0.4, -0.2) is 23.2 Å². The van der Waals surface area contributed by atoms with E-state index in [4.69, 9.17) is 4.74 Å². The van der Waals surface area contributed by atoms with Gasteiger partial charge in [-0.15, -0.1) is 0 Å². The number of imide groups is 1. The lowest BCUT2D eigenvalue weighted by Gasteiger charge is -2.03. The van der Waals surface area contributed by atoms with Gasteiger partial charge in [0.2, 0.25) is 0 Å². The Labute approximate surface area is 84.9 Å². The third-order valence-electron chi connectivity index (χ3n) is 1.24. The van der Waals surface area contributed by atoms with Crippen molar-refractivity contribution in [1.82, 2.24) is 5.32 Å². The molecular formula is C8H9NO4S. The predicted octanol–water partition coefficient (Wildman–Crippen LogP) is 0.805. The summed E-state index contributed by atoms with van der Waals surface area (Å²) in [7, 11) is 0. The van der Waals surface area contributed by atoms with Crippen molar-refractivity contribution in [2.24, 2.45) is 0 Å². The van der Waals surface area contributed by atoms with Gasteiger partial charge in [-0.1, -0.05) is 0 Å². The molecule has 0 aromatic rings. The van der Waals surface area contributed by atoms with E-state index >= 15 is 0 Å². The van der Waals surface area contributed by atoms with E-state index in [0.29, 0.717) is 11.8 Å². The van der Waals surface area contributed by atoms with Gasteiger partial charge in [0.1, 0.15) is 0 Å². The van der Waals surface area contributed by atoms with Crippen LogP contribution in [0.5, 0.6) is 0 Å². The maximum absolute atomic E-state index is 11.1. The molecule has 0 atom stereocenters. The average molecular weight is 215 g/mol. The fourth-order valence-electron chi connectivity index (χ4n) is 0.794. The van der Waals surface area contributed by atoms with Crippen LogP contribution in [0.25, 0.3) is 0 Å². The topological polar surface area (TPSA) is 72.5 Å². The summed E-state index contributed by atoms with van der Waals surface area (Å²) < 4.78 is 4.78. The largest absolute Gasteiger partial charge is 0.460 e. The predicted molar refractivity (Wildman–Crippen MR) is 50.4 cm³/mol. The number of hydrogen-bond donors (Lipinski definition) is 1. The molecule has 0 bridgehead atoms. The summed E-state index contributed by atoms with van der Waals surface area (Å²) in [6.45, 7) is 3.40. The summed E-state index contributed by atoms with van der Waals surface area (Å²) in [6, 6.07) is 0. The van der Waals surface area contributed by atoms with Gasteiger partial charge in [-0.3, -0.25) is 14.9 Å². The van der Waals surface area contributed by atoms with E-state index in [9.17, 15) is 14.4 Å². The molecule has 1 aliphatic heterocycles. The lowest BCUT2D eigenvalue weighted by atomic mass is 10.4. The van der Waals surface area contributed by atoms with E-state index in [2.05, 4.69) is 0 Å². The molecule has 0 aliphatic carbocycles. The first-order valence-corrected chi connectivity index (χ1v) is 4.76. The summed E-state index contributed by atoms with van der Waals surface area (Å²) in [5.74, 6) is -1.17. The van der Waals surface area contributed by atoms with Gasteiger partial charge in [-0.2, -0.15) is 0 Å². The van der Waals surface area contributed by atoms with Gasteiger partial charge in [0.05, 0.1) is 11.0 Å². The van der Waals surface area contributed by atoms with E-state index in [0.717, 1.165) is 6.08 Å². The molecule has 2 amide bonds. The van der Waals surface area contributed by atoms with E-state index in [1.54, 1.807) is 13.8 Å². The first-order chi connectivity index (χ1) is 6.49. The van der Waals surface area contributed by atoms with Crippen molar-refractivity contribution in [3.05, 3.63) is 11.0 Å². The summed E-state index contributed by atoms with van der Waals surface area (Å²) in [4.78, 5) is 32.8. The zero-order valence-electron chi connectivity index (χ0n) is 7.70. The van der Waals surface area contributed by atoms with E-state index in [1.165, 1.54) is 0 Å². The zero-order valence-corrected chi connectivity index (χ0v) is 8.51. The average Bonchev–Trinajstić information content (AvgIpc) is 2.28. The first-order valence-electron chi connectivity index (χ1n) is 3.94. The molecule has 6 heteroatoms. The number of nitrogens with one attached hydrogen (secondary N) is 1. The van der Waals surface area contributed by atoms with Crippen molar-refractivity contribution in [1.29, 1.82) is 0 Å². The lowest BCUT2D eigenvalue weighted by molar-refractivity contribution is -0.141. The van der Waals surface area contributed by atoms with Crippen LogP contribution in [0.2, 0.25) is 0 Å². The smallest absolute Gasteiger partial charge is 0.332 e. The second-order valence-electron chi connectivity index (χ2n) is 2.84. The third-order valence-corrected chi connectivity index (χ3v) is 2.05. The number of rotatable bonds is 2. The summed E-state index contributed by atoms with van der Waals surface area (Å²) in [5.41, 5.74) is 0. The first kappa shape index (κ1) is 10.8. The minimum Gasteiger partial charge on any atom is -0.460 e. The Morgan fingerprint density at radius 3 is 2.57 bits per heavy atom. The van der Waals surface area contributed by atoms with Crippen LogP contribution < -0.4 is 5.32 Å². The molecule has 1 aliphatic rings. The number of carbonyl (C=O) groups is 3. The van der Waals surface area contributed by atoms with Crippen LogP contribution in [-0.2, 0) is 14.3 Å². The minimum absolute atomic E-state index is 0.0700. The Bertz CT molecular complexity index is 321. The molecule has 1 saturated heterocycles. The fourth-order valence-corrected chi connectivity index (χ4v) is 1.44. The molecule has 1 N–H and O–H groups in total. The quantitative estimate of drug-likeness (QED) is 0.545. The van der Waals surface area contributed by atoms with Crippen LogP contribution in [0, 0.1) is 0 Å². The fraction of sp³-hybridized carbons (Fsp3) is 0.375. The molecule has 0 unspecified atom stereocenters. The molecule has 1 rings (SSSR count). The molecule has 0 saturated carbocycles. The second kappa shape index (κ2) is 4.28. The number of esters is 1. The van der Waals surface area contributed by atoms with Crippen LogP contribution in [0.4, 0.5) is 4.79 Å².